The van der Waals surface area contributed by atoms with Crippen molar-refractivity contribution in [2.24, 2.45) is 0 Å². The number of hydrogen-bond acceptors (Lipinski definition) is 6. The number of carbonyl (C=O) groups is 1. The number of ether oxygens (including phenoxy) is 3. The average molecular weight is 420 g/mol. The molecule has 1 atom stereocenters. The molecule has 1 aliphatic heterocycles. The Morgan fingerprint density at radius 1 is 1.50 bits per heavy atom. The first-order valence-corrected chi connectivity index (χ1v) is 8.77. The van der Waals surface area contributed by atoms with Crippen LogP contribution in [0.15, 0.2) is 22.2 Å². The topological polar surface area (TPSA) is 104 Å². The van der Waals surface area contributed by atoms with Crippen LogP contribution in [0.4, 0.5) is 0 Å². The van der Waals surface area contributed by atoms with Crippen molar-refractivity contribution in [3.05, 3.63) is 27.7 Å². The van der Waals surface area contributed by atoms with Gasteiger partial charge < -0.3 is 19.5 Å². The maximum absolute atomic E-state index is 12.2. The van der Waals surface area contributed by atoms with Crippen molar-refractivity contribution in [1.82, 2.24) is 5.32 Å². The summed E-state index contributed by atoms with van der Waals surface area (Å²) in [5.74, 6) is 0.313. The Bertz CT molecular complexity index is 774. The van der Waals surface area contributed by atoms with Gasteiger partial charge in [-0.3, -0.25) is 4.79 Å². The summed E-state index contributed by atoms with van der Waals surface area (Å²) in [6, 6.07) is 7.10. The smallest absolute Gasteiger partial charge is 0.262 e. The maximum Gasteiger partial charge on any atom is 0.262 e. The van der Waals surface area contributed by atoms with Gasteiger partial charge in [0.25, 0.3) is 5.91 Å². The zero-order chi connectivity index (χ0) is 18.9. The molecule has 1 saturated heterocycles. The van der Waals surface area contributed by atoms with Crippen LogP contribution in [0.5, 0.6) is 11.5 Å². The molecule has 1 aromatic carbocycles. The minimum absolute atomic E-state index is 0.00435. The van der Waals surface area contributed by atoms with E-state index in [9.17, 15) is 10.1 Å². The fourth-order valence-electron chi connectivity index (χ4n) is 2.49. The predicted octanol–water partition coefficient (Wildman–Crippen LogP) is 2.56. The Labute approximate surface area is 160 Å². The van der Waals surface area contributed by atoms with E-state index >= 15 is 0 Å². The number of benzene rings is 1. The number of carbonyl (C=O) groups excluding carboxylic acids is 1. The lowest BCUT2D eigenvalue weighted by atomic mass is 10.1. The summed E-state index contributed by atoms with van der Waals surface area (Å²) in [5, 5.41) is 20.7. The van der Waals surface area contributed by atoms with E-state index in [4.69, 9.17) is 19.5 Å². The minimum Gasteiger partial charge on any atom is -0.493 e. The van der Waals surface area contributed by atoms with Gasteiger partial charge in [0.15, 0.2) is 18.1 Å². The van der Waals surface area contributed by atoms with E-state index in [1.54, 1.807) is 12.1 Å². The second-order valence-electron chi connectivity index (χ2n) is 5.50. The Balaban J connectivity index is 2.16. The van der Waals surface area contributed by atoms with E-state index in [0.29, 0.717) is 34.7 Å². The van der Waals surface area contributed by atoms with Crippen LogP contribution in [-0.2, 0) is 9.53 Å². The zero-order valence-electron chi connectivity index (χ0n) is 14.3. The quantitative estimate of drug-likeness (QED) is 0.537. The molecule has 1 heterocycles. The van der Waals surface area contributed by atoms with E-state index in [0.717, 1.165) is 12.8 Å². The second-order valence-corrected chi connectivity index (χ2v) is 6.35. The standard InChI is InChI=1S/C18H18BrN3O4/c1-24-16-9-12(8-15(19)17(16)26-6-4-20)7-13(10-21)18(23)22-11-14-3-2-5-25-14/h7-9,14H,2-3,5-6,11H2,1H3,(H,22,23)/b13-7+/t14-/m0/s1. The van der Waals surface area contributed by atoms with Crippen molar-refractivity contribution < 1.29 is 19.0 Å². The number of halogens is 1. The van der Waals surface area contributed by atoms with Crippen molar-refractivity contribution in [3.8, 4) is 23.6 Å². The SMILES string of the molecule is COc1cc(/C=C(\C#N)C(=O)NC[C@@H]2CCCO2)cc(Br)c1OCC#N. The van der Waals surface area contributed by atoms with Crippen molar-refractivity contribution in [3.63, 3.8) is 0 Å². The number of amides is 1. The van der Waals surface area contributed by atoms with E-state index in [1.165, 1.54) is 13.2 Å². The highest BCUT2D eigenvalue weighted by atomic mass is 79.9. The van der Waals surface area contributed by atoms with E-state index in [2.05, 4.69) is 21.2 Å². The molecule has 1 fully saturated rings. The molecule has 0 spiro atoms. The number of methoxy groups -OCH3 is 1. The van der Waals surface area contributed by atoms with Gasteiger partial charge in [0, 0.05) is 13.2 Å². The molecule has 0 aromatic heterocycles. The van der Waals surface area contributed by atoms with Crippen LogP contribution in [0, 0.1) is 22.7 Å². The normalized spacial score (nSPS) is 16.5. The predicted molar refractivity (Wildman–Crippen MR) is 97.4 cm³/mol. The van der Waals surface area contributed by atoms with Gasteiger partial charge in [-0.25, -0.2) is 0 Å². The van der Waals surface area contributed by atoms with E-state index < -0.39 is 5.91 Å². The highest BCUT2D eigenvalue weighted by Crippen LogP contribution is 2.37. The maximum atomic E-state index is 12.2. The van der Waals surface area contributed by atoms with Gasteiger partial charge in [-0.05, 0) is 52.5 Å². The fourth-order valence-corrected chi connectivity index (χ4v) is 3.06. The van der Waals surface area contributed by atoms with Crippen LogP contribution in [0.3, 0.4) is 0 Å². The molecule has 0 aliphatic carbocycles. The van der Waals surface area contributed by atoms with Gasteiger partial charge in [0.05, 0.1) is 17.7 Å². The Morgan fingerprint density at radius 3 is 2.92 bits per heavy atom. The summed E-state index contributed by atoms with van der Waals surface area (Å²) in [4.78, 5) is 12.2. The first kappa shape index (κ1) is 19.8. The monoisotopic (exact) mass is 419 g/mol. The molecule has 136 valence electrons. The summed E-state index contributed by atoms with van der Waals surface area (Å²) < 4.78 is 16.6. The van der Waals surface area contributed by atoms with Crippen molar-refractivity contribution in [2.45, 2.75) is 18.9 Å². The molecule has 0 unspecified atom stereocenters. The summed E-state index contributed by atoms with van der Waals surface area (Å²) in [7, 11) is 1.47. The third-order valence-corrected chi connectivity index (χ3v) is 4.31. The molecule has 1 aliphatic rings. The Hall–Kier alpha value is -2.55. The molecular formula is C18H18BrN3O4. The summed E-state index contributed by atoms with van der Waals surface area (Å²) in [6.45, 7) is 0.959. The zero-order valence-corrected chi connectivity index (χ0v) is 15.8. The van der Waals surface area contributed by atoms with Crippen molar-refractivity contribution in [1.29, 1.82) is 10.5 Å². The molecule has 0 radical (unpaired) electrons. The molecular weight excluding hydrogens is 402 g/mol. The summed E-state index contributed by atoms with van der Waals surface area (Å²) in [6.07, 6.45) is 3.35. The highest BCUT2D eigenvalue weighted by Gasteiger charge is 2.18. The number of nitrogens with one attached hydrogen (secondary N) is 1. The van der Waals surface area contributed by atoms with Crippen LogP contribution < -0.4 is 14.8 Å². The third-order valence-electron chi connectivity index (χ3n) is 3.72. The largest absolute Gasteiger partial charge is 0.493 e. The lowest BCUT2D eigenvalue weighted by molar-refractivity contribution is -0.117. The first-order valence-electron chi connectivity index (χ1n) is 7.98. The molecule has 8 heteroatoms. The van der Waals surface area contributed by atoms with Crippen LogP contribution in [-0.4, -0.2) is 38.9 Å². The molecule has 1 amide bonds. The molecule has 0 saturated carbocycles. The van der Waals surface area contributed by atoms with Gasteiger partial charge in [-0.2, -0.15) is 10.5 Å². The molecule has 1 N–H and O–H groups in total. The van der Waals surface area contributed by atoms with Gasteiger partial charge in [0.2, 0.25) is 0 Å². The van der Waals surface area contributed by atoms with Crippen LogP contribution >= 0.6 is 15.9 Å². The molecule has 7 nitrogen and oxygen atoms in total. The number of rotatable bonds is 7. The first-order chi connectivity index (χ1) is 12.6. The summed E-state index contributed by atoms with van der Waals surface area (Å²) in [5.41, 5.74) is 0.560. The summed E-state index contributed by atoms with van der Waals surface area (Å²) >= 11 is 3.35. The van der Waals surface area contributed by atoms with Gasteiger partial charge in [0.1, 0.15) is 17.7 Å². The Morgan fingerprint density at radius 2 is 2.31 bits per heavy atom. The molecule has 2 rings (SSSR count). The average Bonchev–Trinajstić information content (AvgIpc) is 3.16. The van der Waals surface area contributed by atoms with E-state index in [-0.39, 0.29) is 18.3 Å². The second kappa shape index (κ2) is 9.81. The number of nitriles is 2. The minimum atomic E-state index is -0.456. The van der Waals surface area contributed by atoms with Crippen molar-refractivity contribution >= 4 is 27.9 Å². The lowest BCUT2D eigenvalue weighted by Crippen LogP contribution is -2.32. The van der Waals surface area contributed by atoms with Gasteiger partial charge >= 0.3 is 0 Å². The highest BCUT2D eigenvalue weighted by molar-refractivity contribution is 9.10. The van der Waals surface area contributed by atoms with Crippen LogP contribution in [0.25, 0.3) is 6.08 Å². The number of hydrogen-bond donors (Lipinski definition) is 1. The van der Waals surface area contributed by atoms with Crippen LogP contribution in [0.1, 0.15) is 18.4 Å². The molecule has 1 aromatic rings. The Kier molecular flexibility index (Phi) is 7.46. The van der Waals surface area contributed by atoms with Gasteiger partial charge in [-0.1, -0.05) is 0 Å². The molecule has 26 heavy (non-hydrogen) atoms. The van der Waals surface area contributed by atoms with Crippen molar-refractivity contribution in [2.75, 3.05) is 26.9 Å². The third kappa shape index (κ3) is 5.22. The number of nitrogens with zero attached hydrogens (tertiary/aromatic N) is 2. The van der Waals surface area contributed by atoms with Gasteiger partial charge in [-0.15, -0.1) is 0 Å². The lowest BCUT2D eigenvalue weighted by Gasteiger charge is -2.12. The van der Waals surface area contributed by atoms with Crippen LogP contribution in [0.2, 0.25) is 0 Å². The van der Waals surface area contributed by atoms with E-state index in [1.807, 2.05) is 12.1 Å². The fraction of sp³-hybridized carbons (Fsp3) is 0.389. The molecule has 0 bridgehead atoms.